The van der Waals surface area contributed by atoms with Gasteiger partial charge in [0.15, 0.2) is 5.78 Å². The first kappa shape index (κ1) is 18.5. The summed E-state index contributed by atoms with van der Waals surface area (Å²) >= 11 is 0. The Kier molecular flexibility index (Phi) is 5.34. The molecular formula is C25H26O3. The minimum Gasteiger partial charge on any atom is -0.512 e. The maximum absolute atomic E-state index is 13.6. The molecule has 2 aromatic rings. The Hall–Kier alpha value is -2.81. The van der Waals surface area contributed by atoms with E-state index >= 15 is 0 Å². The highest BCUT2D eigenvalue weighted by Gasteiger charge is 2.24. The molecule has 4 rings (SSSR count). The topological polar surface area (TPSA) is 57.5 Å². The summed E-state index contributed by atoms with van der Waals surface area (Å²) in [6.07, 6.45) is 6.97. The molecule has 0 bridgehead atoms. The van der Waals surface area contributed by atoms with Crippen molar-refractivity contribution in [3.05, 3.63) is 82.3 Å². The van der Waals surface area contributed by atoms with Crippen LogP contribution in [0.1, 0.15) is 78.4 Å². The first-order chi connectivity index (χ1) is 13.7. The highest BCUT2D eigenvalue weighted by Crippen LogP contribution is 2.36. The highest BCUT2D eigenvalue weighted by atomic mass is 16.3. The molecule has 0 aromatic heterocycles. The van der Waals surface area contributed by atoms with E-state index in [-0.39, 0.29) is 5.78 Å². The second-order valence-corrected chi connectivity index (χ2v) is 7.69. The van der Waals surface area contributed by atoms with Crippen LogP contribution in [0.2, 0.25) is 0 Å². The average Bonchev–Trinajstić information content (AvgIpc) is 2.74. The van der Waals surface area contributed by atoms with Gasteiger partial charge in [-0.1, -0.05) is 48.5 Å². The normalized spacial score (nSPS) is 17.7. The number of aliphatic hydroxyl groups excluding tert-OH is 2. The Morgan fingerprint density at radius 2 is 1.00 bits per heavy atom. The Morgan fingerprint density at radius 3 is 1.43 bits per heavy atom. The van der Waals surface area contributed by atoms with Crippen molar-refractivity contribution in [1.82, 2.24) is 0 Å². The molecule has 2 aromatic carbocycles. The van der Waals surface area contributed by atoms with Crippen LogP contribution >= 0.6 is 0 Å². The maximum atomic E-state index is 13.6. The summed E-state index contributed by atoms with van der Waals surface area (Å²) in [5, 5.41) is 20.8. The first-order valence-corrected chi connectivity index (χ1v) is 10.2. The van der Waals surface area contributed by atoms with E-state index in [4.69, 9.17) is 0 Å². The van der Waals surface area contributed by atoms with Gasteiger partial charge >= 0.3 is 0 Å². The second kappa shape index (κ2) is 8.05. The lowest BCUT2D eigenvalue weighted by Gasteiger charge is -2.21. The van der Waals surface area contributed by atoms with Crippen LogP contribution in [0, 0.1) is 0 Å². The molecule has 2 aliphatic rings. The molecule has 28 heavy (non-hydrogen) atoms. The van der Waals surface area contributed by atoms with Crippen LogP contribution in [0.3, 0.4) is 0 Å². The summed E-state index contributed by atoms with van der Waals surface area (Å²) in [5.74, 6) is 0.766. The number of aliphatic hydroxyl groups is 2. The third-order valence-electron chi connectivity index (χ3n) is 5.87. The molecular weight excluding hydrogens is 348 g/mol. The number of hydrogen-bond acceptors (Lipinski definition) is 3. The van der Waals surface area contributed by atoms with E-state index in [2.05, 4.69) is 0 Å². The zero-order valence-corrected chi connectivity index (χ0v) is 16.1. The molecule has 0 saturated heterocycles. The van der Waals surface area contributed by atoms with Gasteiger partial charge in [0.2, 0.25) is 0 Å². The highest BCUT2D eigenvalue weighted by molar-refractivity contribution is 6.14. The molecule has 0 saturated carbocycles. The fraction of sp³-hybridized carbons (Fsp3) is 0.320. The molecule has 3 heteroatoms. The third-order valence-corrected chi connectivity index (χ3v) is 5.87. The Balaban J connectivity index is 1.81. The molecule has 2 aliphatic carbocycles. The molecule has 2 N–H and O–H groups in total. The van der Waals surface area contributed by atoms with E-state index in [0.29, 0.717) is 35.5 Å². The third kappa shape index (κ3) is 3.49. The zero-order chi connectivity index (χ0) is 19.5. The number of ketones is 1. The lowest BCUT2D eigenvalue weighted by atomic mass is 9.84. The van der Waals surface area contributed by atoms with Gasteiger partial charge in [-0.3, -0.25) is 4.79 Å². The van der Waals surface area contributed by atoms with Gasteiger partial charge in [-0.05, 0) is 60.8 Å². The smallest absolute Gasteiger partial charge is 0.194 e. The van der Waals surface area contributed by atoms with Crippen molar-refractivity contribution in [3.8, 4) is 0 Å². The number of hydrogen-bond donors (Lipinski definition) is 2. The van der Waals surface area contributed by atoms with Gasteiger partial charge in [-0.15, -0.1) is 0 Å². The lowest BCUT2D eigenvalue weighted by Crippen LogP contribution is -2.11. The van der Waals surface area contributed by atoms with Crippen molar-refractivity contribution in [2.75, 3.05) is 0 Å². The predicted molar refractivity (Wildman–Crippen MR) is 112 cm³/mol. The number of benzene rings is 2. The van der Waals surface area contributed by atoms with Crippen LogP contribution < -0.4 is 0 Å². The van der Waals surface area contributed by atoms with Crippen molar-refractivity contribution in [2.24, 2.45) is 0 Å². The number of allylic oxidation sites excluding steroid dienone is 4. The summed E-state index contributed by atoms with van der Waals surface area (Å²) in [5.41, 5.74) is 4.70. The van der Waals surface area contributed by atoms with E-state index in [0.717, 1.165) is 60.8 Å². The van der Waals surface area contributed by atoms with Crippen molar-refractivity contribution in [3.63, 3.8) is 0 Å². The SMILES string of the molecule is O=C(c1ccccc1C1=C(O)CCCC1)c1ccccc1C1=C(O)CCCC1. The number of rotatable bonds is 4. The van der Waals surface area contributed by atoms with Gasteiger partial charge < -0.3 is 10.2 Å². The Bertz CT molecular complexity index is 888. The predicted octanol–water partition coefficient (Wildman–Crippen LogP) is 6.60. The molecule has 0 spiro atoms. The van der Waals surface area contributed by atoms with E-state index < -0.39 is 0 Å². The van der Waals surface area contributed by atoms with E-state index in [1.54, 1.807) is 0 Å². The Labute approximate surface area is 166 Å². The molecule has 0 heterocycles. The van der Waals surface area contributed by atoms with Gasteiger partial charge in [0.05, 0.1) is 11.5 Å². The van der Waals surface area contributed by atoms with E-state index in [9.17, 15) is 15.0 Å². The fourth-order valence-electron chi connectivity index (χ4n) is 4.39. The molecule has 0 aliphatic heterocycles. The van der Waals surface area contributed by atoms with Crippen LogP contribution in [-0.4, -0.2) is 16.0 Å². The fourth-order valence-corrected chi connectivity index (χ4v) is 4.39. The first-order valence-electron chi connectivity index (χ1n) is 10.2. The molecule has 0 radical (unpaired) electrons. The monoisotopic (exact) mass is 374 g/mol. The molecule has 0 unspecified atom stereocenters. The molecule has 144 valence electrons. The van der Waals surface area contributed by atoms with Crippen LogP contribution in [0.25, 0.3) is 11.1 Å². The molecule has 3 nitrogen and oxygen atoms in total. The minimum atomic E-state index is -0.0528. The van der Waals surface area contributed by atoms with Gasteiger partial charge in [-0.2, -0.15) is 0 Å². The van der Waals surface area contributed by atoms with Crippen molar-refractivity contribution in [2.45, 2.75) is 51.4 Å². The van der Waals surface area contributed by atoms with Crippen LogP contribution in [0.4, 0.5) is 0 Å². The van der Waals surface area contributed by atoms with Gasteiger partial charge in [0, 0.05) is 24.0 Å². The largest absolute Gasteiger partial charge is 0.512 e. The van der Waals surface area contributed by atoms with Crippen molar-refractivity contribution >= 4 is 16.9 Å². The summed E-state index contributed by atoms with van der Waals surface area (Å²) < 4.78 is 0. The van der Waals surface area contributed by atoms with E-state index in [1.165, 1.54) is 0 Å². The van der Waals surface area contributed by atoms with Gasteiger partial charge in [0.25, 0.3) is 0 Å². The zero-order valence-electron chi connectivity index (χ0n) is 16.1. The quantitative estimate of drug-likeness (QED) is 0.592. The van der Waals surface area contributed by atoms with Crippen molar-refractivity contribution in [1.29, 1.82) is 0 Å². The minimum absolute atomic E-state index is 0.0528. The van der Waals surface area contributed by atoms with Crippen LogP contribution in [0.5, 0.6) is 0 Å². The summed E-state index contributed by atoms with van der Waals surface area (Å²) in [6, 6.07) is 15.1. The molecule has 0 atom stereocenters. The summed E-state index contributed by atoms with van der Waals surface area (Å²) in [4.78, 5) is 13.6. The lowest BCUT2D eigenvalue weighted by molar-refractivity contribution is 0.103. The van der Waals surface area contributed by atoms with E-state index in [1.807, 2.05) is 48.5 Å². The van der Waals surface area contributed by atoms with Crippen LogP contribution in [-0.2, 0) is 0 Å². The average molecular weight is 374 g/mol. The van der Waals surface area contributed by atoms with Gasteiger partial charge in [0.1, 0.15) is 0 Å². The Morgan fingerprint density at radius 1 is 0.607 bits per heavy atom. The van der Waals surface area contributed by atoms with Crippen LogP contribution in [0.15, 0.2) is 60.0 Å². The number of carbonyl (C=O) groups is 1. The van der Waals surface area contributed by atoms with Crippen molar-refractivity contribution < 1.29 is 15.0 Å². The molecule has 0 amide bonds. The second-order valence-electron chi connectivity index (χ2n) is 7.69. The van der Waals surface area contributed by atoms with Gasteiger partial charge in [-0.25, -0.2) is 0 Å². The standard InChI is InChI=1S/C25H26O3/c26-23-15-7-5-11-19(23)17-9-1-3-13-21(17)25(28)22-14-4-2-10-18(22)20-12-6-8-16-24(20)27/h1-4,9-10,13-14,26-27H,5-8,11-12,15-16H2. The summed E-state index contributed by atoms with van der Waals surface area (Å²) in [6.45, 7) is 0. The summed E-state index contributed by atoms with van der Waals surface area (Å²) in [7, 11) is 0. The maximum Gasteiger partial charge on any atom is 0.194 e. The molecule has 0 fully saturated rings. The number of carbonyl (C=O) groups excluding carboxylic acids is 1.